The lowest BCUT2D eigenvalue weighted by molar-refractivity contribution is 0.0947. The third-order valence-corrected chi connectivity index (χ3v) is 6.01. The van der Waals surface area contributed by atoms with E-state index in [1.165, 1.54) is 42.5 Å². The van der Waals surface area contributed by atoms with Gasteiger partial charge in [0, 0.05) is 30.6 Å². The van der Waals surface area contributed by atoms with Crippen molar-refractivity contribution < 1.29 is 4.79 Å². The van der Waals surface area contributed by atoms with Crippen LogP contribution in [0.5, 0.6) is 0 Å². The zero-order valence-electron chi connectivity index (χ0n) is 13.2. The number of carbonyl (C=O) groups excluding carboxylic acids is 1. The van der Waals surface area contributed by atoms with Crippen molar-refractivity contribution in [3.05, 3.63) is 21.4 Å². The zero-order chi connectivity index (χ0) is 14.8. The van der Waals surface area contributed by atoms with Gasteiger partial charge in [-0.25, -0.2) is 0 Å². The molecule has 1 aliphatic carbocycles. The summed E-state index contributed by atoms with van der Waals surface area (Å²) in [6.45, 7) is 7.33. The summed E-state index contributed by atoms with van der Waals surface area (Å²) < 4.78 is 0. The van der Waals surface area contributed by atoms with E-state index in [1.54, 1.807) is 11.3 Å². The summed E-state index contributed by atoms with van der Waals surface area (Å²) in [5, 5.41) is 3.15. The molecule has 2 heterocycles. The molecule has 1 fully saturated rings. The first kappa shape index (κ1) is 15.0. The second-order valence-electron chi connectivity index (χ2n) is 6.77. The number of nitrogens with one attached hydrogen (secondary N) is 1. The van der Waals surface area contributed by atoms with Crippen LogP contribution in [0.2, 0.25) is 0 Å². The fraction of sp³-hybridized carbons (Fsp3) is 0.706. The Morgan fingerprint density at radius 2 is 2.10 bits per heavy atom. The minimum Gasteiger partial charge on any atom is -0.351 e. The van der Waals surface area contributed by atoms with Crippen molar-refractivity contribution in [2.75, 3.05) is 6.54 Å². The van der Waals surface area contributed by atoms with E-state index in [1.807, 2.05) is 0 Å². The molecule has 1 amide bonds. The molecule has 1 aromatic rings. The third kappa shape index (κ3) is 3.49. The normalized spacial score (nSPS) is 20.0. The summed E-state index contributed by atoms with van der Waals surface area (Å²) >= 11 is 1.68. The molecule has 0 atom stereocenters. The third-order valence-electron chi connectivity index (χ3n) is 4.85. The molecule has 1 aromatic heterocycles. The maximum atomic E-state index is 12.3. The number of rotatable bonds is 4. The SMILES string of the molecule is CC(C)N1Cc2cc(C(=O)NCC3CCCCC3)sc2C1. The lowest BCUT2D eigenvalue weighted by Gasteiger charge is -2.21. The largest absolute Gasteiger partial charge is 0.351 e. The number of amides is 1. The molecule has 21 heavy (non-hydrogen) atoms. The average molecular weight is 306 g/mol. The smallest absolute Gasteiger partial charge is 0.261 e. The minimum absolute atomic E-state index is 0.135. The monoisotopic (exact) mass is 306 g/mol. The Balaban J connectivity index is 1.53. The van der Waals surface area contributed by atoms with Crippen LogP contribution in [-0.2, 0) is 13.1 Å². The van der Waals surface area contributed by atoms with Crippen molar-refractivity contribution in [3.8, 4) is 0 Å². The van der Waals surface area contributed by atoms with Crippen LogP contribution in [0.4, 0.5) is 0 Å². The van der Waals surface area contributed by atoms with Crippen LogP contribution in [0, 0.1) is 5.92 Å². The molecule has 0 saturated heterocycles. The van der Waals surface area contributed by atoms with Crippen LogP contribution in [0.25, 0.3) is 0 Å². The first-order valence-corrected chi connectivity index (χ1v) is 9.09. The maximum absolute atomic E-state index is 12.3. The van der Waals surface area contributed by atoms with Crippen molar-refractivity contribution in [2.45, 2.75) is 65.1 Å². The molecule has 0 spiro atoms. The Morgan fingerprint density at radius 1 is 1.33 bits per heavy atom. The van der Waals surface area contributed by atoms with Gasteiger partial charge in [-0.3, -0.25) is 9.69 Å². The van der Waals surface area contributed by atoms with E-state index in [9.17, 15) is 4.79 Å². The minimum atomic E-state index is 0.135. The first-order chi connectivity index (χ1) is 10.1. The molecule has 1 aliphatic heterocycles. The van der Waals surface area contributed by atoms with Gasteiger partial charge < -0.3 is 5.32 Å². The maximum Gasteiger partial charge on any atom is 0.261 e. The highest BCUT2D eigenvalue weighted by molar-refractivity contribution is 7.14. The van der Waals surface area contributed by atoms with E-state index >= 15 is 0 Å². The summed E-state index contributed by atoms with van der Waals surface area (Å²) in [6, 6.07) is 2.69. The highest BCUT2D eigenvalue weighted by atomic mass is 32.1. The standard InChI is InChI=1S/C17H26N2OS/c1-12(2)19-10-14-8-15(21-16(14)11-19)17(20)18-9-13-6-4-3-5-7-13/h8,12-13H,3-7,9-11H2,1-2H3,(H,18,20). The van der Waals surface area contributed by atoms with Crippen LogP contribution in [-0.4, -0.2) is 23.4 Å². The van der Waals surface area contributed by atoms with Gasteiger partial charge in [0.1, 0.15) is 0 Å². The topological polar surface area (TPSA) is 32.3 Å². The van der Waals surface area contributed by atoms with E-state index < -0.39 is 0 Å². The Morgan fingerprint density at radius 3 is 2.76 bits per heavy atom. The summed E-state index contributed by atoms with van der Waals surface area (Å²) in [5.74, 6) is 0.835. The van der Waals surface area contributed by atoms with Crippen LogP contribution < -0.4 is 5.32 Å². The number of hydrogen-bond donors (Lipinski definition) is 1. The van der Waals surface area contributed by atoms with Crippen molar-refractivity contribution >= 4 is 17.2 Å². The highest BCUT2D eigenvalue weighted by Gasteiger charge is 2.25. The van der Waals surface area contributed by atoms with Gasteiger partial charge in [-0.2, -0.15) is 0 Å². The zero-order valence-corrected chi connectivity index (χ0v) is 14.0. The van der Waals surface area contributed by atoms with Gasteiger partial charge in [-0.05, 0) is 44.2 Å². The van der Waals surface area contributed by atoms with Gasteiger partial charge in [-0.1, -0.05) is 19.3 Å². The fourth-order valence-electron chi connectivity index (χ4n) is 3.39. The summed E-state index contributed by atoms with van der Waals surface area (Å²) in [5.41, 5.74) is 1.36. The van der Waals surface area contributed by atoms with Crippen molar-refractivity contribution in [3.63, 3.8) is 0 Å². The molecule has 1 saturated carbocycles. The first-order valence-electron chi connectivity index (χ1n) is 8.27. The quantitative estimate of drug-likeness (QED) is 0.918. The van der Waals surface area contributed by atoms with Crippen molar-refractivity contribution in [1.29, 1.82) is 0 Å². The van der Waals surface area contributed by atoms with Crippen LogP contribution in [0.1, 0.15) is 66.1 Å². The number of hydrogen-bond acceptors (Lipinski definition) is 3. The predicted octanol–water partition coefficient (Wildman–Crippen LogP) is 3.78. The van der Waals surface area contributed by atoms with Gasteiger partial charge in [0.15, 0.2) is 0 Å². The second kappa shape index (κ2) is 6.49. The Kier molecular flexibility index (Phi) is 4.65. The van der Waals surface area contributed by atoms with E-state index in [-0.39, 0.29) is 5.91 Å². The summed E-state index contributed by atoms with van der Waals surface area (Å²) in [7, 11) is 0. The van der Waals surface area contributed by atoms with Crippen LogP contribution >= 0.6 is 11.3 Å². The van der Waals surface area contributed by atoms with Gasteiger partial charge in [0.2, 0.25) is 0 Å². The van der Waals surface area contributed by atoms with Gasteiger partial charge >= 0.3 is 0 Å². The molecule has 4 heteroatoms. The predicted molar refractivity (Wildman–Crippen MR) is 87.6 cm³/mol. The van der Waals surface area contributed by atoms with Crippen LogP contribution in [0.15, 0.2) is 6.07 Å². The number of carbonyl (C=O) groups is 1. The summed E-state index contributed by atoms with van der Waals surface area (Å²) in [4.78, 5) is 17.0. The molecular weight excluding hydrogens is 280 g/mol. The molecular formula is C17H26N2OS. The second-order valence-corrected chi connectivity index (χ2v) is 7.91. The average Bonchev–Trinajstić information content (AvgIpc) is 3.04. The lowest BCUT2D eigenvalue weighted by atomic mass is 9.89. The molecule has 2 aliphatic rings. The van der Waals surface area contributed by atoms with Crippen molar-refractivity contribution in [2.24, 2.45) is 5.92 Å². The fourth-order valence-corrected chi connectivity index (χ4v) is 4.50. The Hall–Kier alpha value is -0.870. The van der Waals surface area contributed by atoms with Gasteiger partial charge in [0.25, 0.3) is 5.91 Å². The summed E-state index contributed by atoms with van der Waals surface area (Å²) in [6.07, 6.45) is 6.60. The van der Waals surface area contributed by atoms with Gasteiger partial charge in [0.05, 0.1) is 4.88 Å². The van der Waals surface area contributed by atoms with E-state index in [4.69, 9.17) is 0 Å². The Bertz CT molecular complexity index is 479. The number of fused-ring (bicyclic) bond motifs is 1. The van der Waals surface area contributed by atoms with Crippen LogP contribution in [0.3, 0.4) is 0 Å². The molecule has 0 radical (unpaired) electrons. The molecule has 116 valence electrons. The molecule has 3 rings (SSSR count). The van der Waals surface area contributed by atoms with Crippen molar-refractivity contribution in [1.82, 2.24) is 10.2 Å². The van der Waals surface area contributed by atoms with E-state index in [2.05, 4.69) is 30.1 Å². The molecule has 1 N–H and O–H groups in total. The molecule has 3 nitrogen and oxygen atoms in total. The molecule has 0 bridgehead atoms. The lowest BCUT2D eigenvalue weighted by Crippen LogP contribution is -2.29. The van der Waals surface area contributed by atoms with Gasteiger partial charge in [-0.15, -0.1) is 11.3 Å². The van der Waals surface area contributed by atoms with E-state index in [0.29, 0.717) is 12.0 Å². The highest BCUT2D eigenvalue weighted by Crippen LogP contribution is 2.32. The Labute approximate surface area is 131 Å². The number of thiophene rings is 1. The molecule has 0 unspecified atom stereocenters. The molecule has 0 aromatic carbocycles. The number of nitrogens with zero attached hydrogens (tertiary/aromatic N) is 1. The van der Waals surface area contributed by atoms with E-state index in [0.717, 1.165) is 24.5 Å².